The zero-order chi connectivity index (χ0) is 20.4. The summed E-state index contributed by atoms with van der Waals surface area (Å²) in [5, 5.41) is 3.11. The van der Waals surface area contributed by atoms with Crippen molar-refractivity contribution in [3.63, 3.8) is 0 Å². The number of aromatic amines is 1. The zero-order valence-corrected chi connectivity index (χ0v) is 16.4. The molecule has 1 N–H and O–H groups in total. The van der Waals surface area contributed by atoms with Crippen molar-refractivity contribution in [2.75, 3.05) is 26.2 Å². The minimum absolute atomic E-state index is 0.180. The van der Waals surface area contributed by atoms with E-state index in [0.29, 0.717) is 49.3 Å². The highest BCUT2D eigenvalue weighted by Gasteiger charge is 2.27. The average Bonchev–Trinajstić information content (AvgIpc) is 3.25. The molecule has 1 aliphatic carbocycles. The lowest BCUT2D eigenvalue weighted by atomic mass is 10.0. The first-order valence-electron chi connectivity index (χ1n) is 10.3. The highest BCUT2D eigenvalue weighted by atomic mass is 16.2. The first-order chi connectivity index (χ1) is 14.0. The lowest BCUT2D eigenvalue weighted by Crippen LogP contribution is -2.52. The van der Waals surface area contributed by atoms with Gasteiger partial charge >= 0.3 is 0 Å². The quantitative estimate of drug-likeness (QED) is 0.829. The first kappa shape index (κ1) is 19.4. The van der Waals surface area contributed by atoms with Gasteiger partial charge < -0.3 is 9.80 Å². The summed E-state index contributed by atoms with van der Waals surface area (Å²) in [7, 11) is 0. The first-order valence-corrected chi connectivity index (χ1v) is 10.3. The van der Waals surface area contributed by atoms with Gasteiger partial charge in [-0.15, -0.1) is 0 Å². The van der Waals surface area contributed by atoms with E-state index in [9.17, 15) is 19.2 Å². The predicted octanol–water partition coefficient (Wildman–Crippen LogP) is 0.941. The van der Waals surface area contributed by atoms with Crippen LogP contribution in [0, 0.1) is 5.92 Å². The van der Waals surface area contributed by atoms with Gasteiger partial charge in [-0.25, -0.2) is 4.68 Å². The number of piperazine rings is 1. The summed E-state index contributed by atoms with van der Waals surface area (Å²) in [4.78, 5) is 53.4. The second-order valence-corrected chi connectivity index (χ2v) is 7.99. The van der Waals surface area contributed by atoms with Crippen molar-refractivity contribution in [2.45, 2.75) is 38.6 Å². The van der Waals surface area contributed by atoms with Gasteiger partial charge in [-0.2, -0.15) is 0 Å². The molecule has 2 fully saturated rings. The molecule has 8 nitrogen and oxygen atoms in total. The molecule has 1 aliphatic heterocycles. The summed E-state index contributed by atoms with van der Waals surface area (Å²) in [5.74, 6) is 0.457. The Balaban J connectivity index is 1.37. The molecule has 0 unspecified atom stereocenters. The summed E-state index contributed by atoms with van der Waals surface area (Å²) >= 11 is 0. The van der Waals surface area contributed by atoms with Crippen LogP contribution >= 0.6 is 0 Å². The van der Waals surface area contributed by atoms with Crippen LogP contribution in [-0.4, -0.2) is 57.6 Å². The highest BCUT2D eigenvalue weighted by Crippen LogP contribution is 2.28. The van der Waals surface area contributed by atoms with Crippen molar-refractivity contribution in [3.8, 4) is 0 Å². The molecule has 154 valence electrons. The van der Waals surface area contributed by atoms with E-state index in [1.54, 1.807) is 29.2 Å². The molecule has 29 heavy (non-hydrogen) atoms. The lowest BCUT2D eigenvalue weighted by molar-refractivity contribution is -0.140. The monoisotopic (exact) mass is 398 g/mol. The van der Waals surface area contributed by atoms with Gasteiger partial charge in [0.15, 0.2) is 0 Å². The number of benzene rings is 1. The molecule has 1 saturated heterocycles. The maximum Gasteiger partial charge on any atom is 0.273 e. The molecule has 0 spiro atoms. The Hall–Kier alpha value is -2.90. The molecule has 1 aromatic carbocycles. The summed E-state index contributed by atoms with van der Waals surface area (Å²) < 4.78 is 1.07. The van der Waals surface area contributed by atoms with Gasteiger partial charge in [0.2, 0.25) is 11.8 Å². The zero-order valence-electron chi connectivity index (χ0n) is 16.4. The van der Waals surface area contributed by atoms with Crippen LogP contribution in [0.1, 0.15) is 32.1 Å². The number of hydrogen-bond donors (Lipinski definition) is 1. The van der Waals surface area contributed by atoms with Gasteiger partial charge in [-0.1, -0.05) is 25.0 Å². The van der Waals surface area contributed by atoms with Gasteiger partial charge in [0.25, 0.3) is 11.1 Å². The number of amides is 2. The van der Waals surface area contributed by atoms with E-state index in [4.69, 9.17) is 0 Å². The Labute approximate surface area is 168 Å². The Bertz CT molecular complexity index is 1030. The van der Waals surface area contributed by atoms with Crippen LogP contribution in [0.5, 0.6) is 0 Å². The Morgan fingerprint density at radius 3 is 2.14 bits per heavy atom. The smallest absolute Gasteiger partial charge is 0.273 e. The van der Waals surface area contributed by atoms with Crippen LogP contribution in [-0.2, 0) is 16.1 Å². The van der Waals surface area contributed by atoms with E-state index < -0.39 is 5.56 Å². The Kier molecular flexibility index (Phi) is 5.51. The fourth-order valence-electron chi connectivity index (χ4n) is 4.39. The van der Waals surface area contributed by atoms with Crippen LogP contribution in [0.3, 0.4) is 0 Å². The van der Waals surface area contributed by atoms with E-state index in [1.165, 1.54) is 12.8 Å². The number of nitrogens with zero attached hydrogens (tertiary/aromatic N) is 3. The lowest BCUT2D eigenvalue weighted by Gasteiger charge is -2.35. The van der Waals surface area contributed by atoms with Crippen molar-refractivity contribution in [3.05, 3.63) is 45.0 Å². The number of rotatable bonds is 4. The molecule has 2 heterocycles. The summed E-state index contributed by atoms with van der Waals surface area (Å²) in [6, 6.07) is 6.56. The van der Waals surface area contributed by atoms with E-state index in [0.717, 1.165) is 17.5 Å². The standard InChI is InChI=1S/C21H26N4O4/c26-18(13-15-5-1-2-6-15)23-9-11-24(12-10-23)19(27)14-25-21(29)17-8-4-3-7-16(17)20(28)22-25/h3-4,7-8,15H,1-2,5-6,9-14H2,(H,22,28). The van der Waals surface area contributed by atoms with Gasteiger partial charge in [-0.3, -0.25) is 24.3 Å². The maximum atomic E-state index is 12.7. The Morgan fingerprint density at radius 1 is 0.897 bits per heavy atom. The largest absolute Gasteiger partial charge is 0.339 e. The van der Waals surface area contributed by atoms with Crippen LogP contribution in [0.25, 0.3) is 10.8 Å². The Morgan fingerprint density at radius 2 is 1.48 bits per heavy atom. The number of carbonyl (C=O) groups excluding carboxylic acids is 2. The van der Waals surface area contributed by atoms with E-state index in [2.05, 4.69) is 5.10 Å². The molecular formula is C21H26N4O4. The third-order valence-electron chi connectivity index (χ3n) is 6.10. The van der Waals surface area contributed by atoms with Crippen molar-refractivity contribution >= 4 is 22.6 Å². The maximum absolute atomic E-state index is 12.7. The molecule has 1 saturated carbocycles. The highest BCUT2D eigenvalue weighted by molar-refractivity contribution is 5.81. The molecule has 0 atom stereocenters. The minimum atomic E-state index is -0.393. The topological polar surface area (TPSA) is 95.5 Å². The summed E-state index contributed by atoms with van der Waals surface area (Å²) in [6.07, 6.45) is 5.33. The third-order valence-corrected chi connectivity index (χ3v) is 6.10. The molecule has 2 amide bonds. The van der Waals surface area contributed by atoms with E-state index >= 15 is 0 Å². The van der Waals surface area contributed by atoms with Crippen molar-refractivity contribution in [2.24, 2.45) is 5.92 Å². The average molecular weight is 398 g/mol. The van der Waals surface area contributed by atoms with E-state index in [1.807, 2.05) is 4.90 Å². The van der Waals surface area contributed by atoms with Crippen molar-refractivity contribution in [1.29, 1.82) is 0 Å². The van der Waals surface area contributed by atoms with Gasteiger partial charge in [0.05, 0.1) is 10.8 Å². The molecule has 4 rings (SSSR count). The molecule has 2 aromatic rings. The molecule has 1 aromatic heterocycles. The van der Waals surface area contributed by atoms with Gasteiger partial charge in [0.1, 0.15) is 6.54 Å². The van der Waals surface area contributed by atoms with Crippen molar-refractivity contribution in [1.82, 2.24) is 19.6 Å². The number of hydrogen-bond acceptors (Lipinski definition) is 4. The number of carbonyl (C=O) groups is 2. The molecule has 0 bridgehead atoms. The summed E-state index contributed by atoms with van der Waals surface area (Å²) in [6.45, 7) is 1.71. The normalized spacial score (nSPS) is 17.8. The van der Waals surface area contributed by atoms with Crippen LogP contribution < -0.4 is 11.1 Å². The fourth-order valence-corrected chi connectivity index (χ4v) is 4.39. The predicted molar refractivity (Wildman–Crippen MR) is 109 cm³/mol. The summed E-state index contributed by atoms with van der Waals surface area (Å²) in [5.41, 5.74) is -0.783. The van der Waals surface area contributed by atoms with Crippen LogP contribution in [0.15, 0.2) is 33.9 Å². The molecule has 0 radical (unpaired) electrons. The number of aromatic nitrogens is 2. The molecule has 8 heteroatoms. The number of H-pyrrole nitrogens is 1. The van der Waals surface area contributed by atoms with Crippen LogP contribution in [0.4, 0.5) is 0 Å². The number of nitrogens with one attached hydrogen (secondary N) is 1. The minimum Gasteiger partial charge on any atom is -0.339 e. The molecule has 2 aliphatic rings. The van der Waals surface area contributed by atoms with Gasteiger partial charge in [-0.05, 0) is 30.9 Å². The second-order valence-electron chi connectivity index (χ2n) is 7.99. The van der Waals surface area contributed by atoms with Crippen LogP contribution in [0.2, 0.25) is 0 Å². The fraction of sp³-hybridized carbons (Fsp3) is 0.524. The third kappa shape index (κ3) is 4.11. The SMILES string of the molecule is O=C(CC1CCCC1)N1CCN(C(=O)Cn2[nH]c(=O)c3ccccc3c2=O)CC1. The number of fused-ring (bicyclic) bond motifs is 1. The second kappa shape index (κ2) is 8.23. The van der Waals surface area contributed by atoms with E-state index in [-0.39, 0.29) is 23.9 Å². The van der Waals surface area contributed by atoms with Crippen molar-refractivity contribution < 1.29 is 9.59 Å². The van der Waals surface area contributed by atoms with Gasteiger partial charge in [0, 0.05) is 32.6 Å². The molecular weight excluding hydrogens is 372 g/mol.